The number of methoxy groups -OCH3 is 1. The van der Waals surface area contributed by atoms with Crippen molar-refractivity contribution in [3.63, 3.8) is 0 Å². The Labute approximate surface area is 110 Å². The molecular weight excluding hydrogens is 284 g/mol. The van der Waals surface area contributed by atoms with E-state index in [1.54, 1.807) is 14.0 Å². The molecule has 94 valence electrons. The van der Waals surface area contributed by atoms with E-state index in [0.717, 1.165) is 10.0 Å². The summed E-state index contributed by atoms with van der Waals surface area (Å²) in [6, 6.07) is 7.52. The first-order valence-electron chi connectivity index (χ1n) is 5.31. The fraction of sp³-hybridized carbons (Fsp3) is 0.417. The highest BCUT2D eigenvalue weighted by Crippen LogP contribution is 2.27. The van der Waals surface area contributed by atoms with E-state index in [2.05, 4.69) is 21.2 Å². The molecule has 0 aliphatic rings. The number of hydrogen-bond acceptors (Lipinski definition) is 3. The quantitative estimate of drug-likeness (QED) is 0.780. The molecule has 17 heavy (non-hydrogen) atoms. The molecule has 4 nitrogen and oxygen atoms in total. The maximum absolute atomic E-state index is 11.7. The molecule has 1 rings (SSSR count). The number of benzene rings is 1. The van der Waals surface area contributed by atoms with Crippen LogP contribution in [0, 0.1) is 0 Å². The van der Waals surface area contributed by atoms with Crippen molar-refractivity contribution in [1.82, 2.24) is 5.32 Å². The Morgan fingerprint density at radius 1 is 1.53 bits per heavy atom. The number of primary amides is 1. The molecule has 0 saturated carbocycles. The van der Waals surface area contributed by atoms with Gasteiger partial charge in [-0.1, -0.05) is 34.1 Å². The van der Waals surface area contributed by atoms with Crippen molar-refractivity contribution in [3.05, 3.63) is 34.3 Å². The summed E-state index contributed by atoms with van der Waals surface area (Å²) >= 11 is 3.43. The van der Waals surface area contributed by atoms with Crippen LogP contribution in [0.4, 0.5) is 0 Å². The molecule has 0 aliphatic carbocycles. The van der Waals surface area contributed by atoms with Gasteiger partial charge in [0.1, 0.15) is 5.54 Å². The Morgan fingerprint density at radius 2 is 2.18 bits per heavy atom. The van der Waals surface area contributed by atoms with E-state index in [9.17, 15) is 4.79 Å². The summed E-state index contributed by atoms with van der Waals surface area (Å²) in [5, 5.41) is 3.12. The molecule has 1 aromatic carbocycles. The first-order valence-corrected chi connectivity index (χ1v) is 6.10. The van der Waals surface area contributed by atoms with Gasteiger partial charge in [-0.05, 0) is 18.6 Å². The number of carbonyl (C=O) groups excluding carboxylic acids is 1. The van der Waals surface area contributed by atoms with Crippen LogP contribution in [-0.4, -0.2) is 26.2 Å². The van der Waals surface area contributed by atoms with Crippen LogP contribution in [-0.2, 0) is 15.1 Å². The topological polar surface area (TPSA) is 64.3 Å². The lowest BCUT2D eigenvalue weighted by Crippen LogP contribution is -2.51. The Morgan fingerprint density at radius 3 is 2.71 bits per heavy atom. The number of ether oxygens (including phenoxy) is 1. The van der Waals surface area contributed by atoms with Gasteiger partial charge in [0.25, 0.3) is 0 Å². The van der Waals surface area contributed by atoms with Gasteiger partial charge in [0.2, 0.25) is 5.91 Å². The predicted molar refractivity (Wildman–Crippen MR) is 70.6 cm³/mol. The summed E-state index contributed by atoms with van der Waals surface area (Å²) in [4.78, 5) is 11.7. The SMILES string of the molecule is COCCNC(C)(C(N)=O)c1ccccc1Br. The fourth-order valence-corrected chi connectivity index (χ4v) is 2.27. The lowest BCUT2D eigenvalue weighted by atomic mass is 9.91. The van der Waals surface area contributed by atoms with Crippen LogP contribution in [0.5, 0.6) is 0 Å². The number of carbonyl (C=O) groups is 1. The average molecular weight is 301 g/mol. The van der Waals surface area contributed by atoms with Crippen LogP contribution in [0.25, 0.3) is 0 Å². The van der Waals surface area contributed by atoms with E-state index in [1.807, 2.05) is 24.3 Å². The summed E-state index contributed by atoms with van der Waals surface area (Å²) in [5.74, 6) is -0.416. The lowest BCUT2D eigenvalue weighted by molar-refractivity contribution is -0.124. The zero-order valence-corrected chi connectivity index (χ0v) is 11.6. The van der Waals surface area contributed by atoms with Gasteiger partial charge in [-0.3, -0.25) is 10.1 Å². The maximum Gasteiger partial charge on any atom is 0.242 e. The normalized spacial score (nSPS) is 14.3. The molecule has 1 atom stereocenters. The van der Waals surface area contributed by atoms with Gasteiger partial charge in [-0.2, -0.15) is 0 Å². The number of halogens is 1. The zero-order chi connectivity index (χ0) is 12.9. The van der Waals surface area contributed by atoms with Crippen LogP contribution in [0.3, 0.4) is 0 Å². The minimum Gasteiger partial charge on any atom is -0.383 e. The van der Waals surface area contributed by atoms with E-state index in [4.69, 9.17) is 10.5 Å². The van der Waals surface area contributed by atoms with Crippen LogP contribution in [0.2, 0.25) is 0 Å². The highest BCUT2D eigenvalue weighted by Gasteiger charge is 2.33. The number of hydrogen-bond donors (Lipinski definition) is 2. The number of nitrogens with one attached hydrogen (secondary N) is 1. The van der Waals surface area contributed by atoms with Gasteiger partial charge in [0.15, 0.2) is 0 Å². The van der Waals surface area contributed by atoms with Crippen LogP contribution in [0.1, 0.15) is 12.5 Å². The zero-order valence-electron chi connectivity index (χ0n) is 10.00. The number of amides is 1. The monoisotopic (exact) mass is 300 g/mol. The standard InChI is InChI=1S/C12H17BrN2O2/c1-12(11(14)16,15-7-8-17-2)9-5-3-4-6-10(9)13/h3-6,15H,7-8H2,1-2H3,(H2,14,16). The first kappa shape index (κ1) is 14.2. The molecule has 3 N–H and O–H groups in total. The molecule has 1 amide bonds. The molecule has 0 heterocycles. The molecule has 1 aromatic rings. The largest absolute Gasteiger partial charge is 0.383 e. The molecule has 0 saturated heterocycles. The molecular formula is C12H17BrN2O2. The van der Waals surface area contributed by atoms with Crippen LogP contribution in [0.15, 0.2) is 28.7 Å². The Bertz CT molecular complexity index is 398. The third-order valence-electron chi connectivity index (χ3n) is 2.69. The van der Waals surface area contributed by atoms with Gasteiger partial charge >= 0.3 is 0 Å². The van der Waals surface area contributed by atoms with Gasteiger partial charge < -0.3 is 10.5 Å². The van der Waals surface area contributed by atoms with Gasteiger partial charge in [0.05, 0.1) is 6.61 Å². The lowest BCUT2D eigenvalue weighted by Gasteiger charge is -2.29. The summed E-state index contributed by atoms with van der Waals surface area (Å²) in [7, 11) is 1.61. The summed E-state index contributed by atoms with van der Waals surface area (Å²) in [5.41, 5.74) is 5.41. The second-order valence-electron chi connectivity index (χ2n) is 3.89. The van der Waals surface area contributed by atoms with E-state index in [0.29, 0.717) is 13.2 Å². The molecule has 0 aromatic heterocycles. The van der Waals surface area contributed by atoms with Crippen molar-refractivity contribution in [3.8, 4) is 0 Å². The van der Waals surface area contributed by atoms with E-state index in [-0.39, 0.29) is 0 Å². The molecule has 0 bridgehead atoms. The smallest absolute Gasteiger partial charge is 0.242 e. The average Bonchev–Trinajstić information content (AvgIpc) is 2.29. The third kappa shape index (κ3) is 3.28. The molecule has 5 heteroatoms. The highest BCUT2D eigenvalue weighted by molar-refractivity contribution is 9.10. The minimum absolute atomic E-state index is 0.416. The van der Waals surface area contributed by atoms with Gasteiger partial charge in [-0.15, -0.1) is 0 Å². The van der Waals surface area contributed by atoms with Crippen LogP contribution >= 0.6 is 15.9 Å². The summed E-state index contributed by atoms with van der Waals surface area (Å²) < 4.78 is 5.81. The molecule has 0 radical (unpaired) electrons. The third-order valence-corrected chi connectivity index (χ3v) is 3.38. The molecule has 0 spiro atoms. The molecule has 0 fully saturated rings. The predicted octanol–water partition coefficient (Wildman–Crippen LogP) is 1.39. The van der Waals surface area contributed by atoms with E-state index < -0.39 is 11.4 Å². The highest BCUT2D eigenvalue weighted by atomic mass is 79.9. The Kier molecular flexibility index (Phi) is 5.11. The minimum atomic E-state index is -0.904. The van der Waals surface area contributed by atoms with E-state index in [1.165, 1.54) is 0 Å². The van der Waals surface area contributed by atoms with Gasteiger partial charge in [0, 0.05) is 18.1 Å². The van der Waals surface area contributed by atoms with Crippen molar-refractivity contribution >= 4 is 21.8 Å². The summed E-state index contributed by atoms with van der Waals surface area (Å²) in [6.45, 7) is 2.84. The Balaban J connectivity index is 2.99. The van der Waals surface area contributed by atoms with Crippen molar-refractivity contribution in [2.45, 2.75) is 12.5 Å². The van der Waals surface area contributed by atoms with Crippen molar-refractivity contribution in [1.29, 1.82) is 0 Å². The van der Waals surface area contributed by atoms with Gasteiger partial charge in [-0.25, -0.2) is 0 Å². The second kappa shape index (κ2) is 6.14. The van der Waals surface area contributed by atoms with E-state index >= 15 is 0 Å². The van der Waals surface area contributed by atoms with Crippen LogP contribution < -0.4 is 11.1 Å². The fourth-order valence-electron chi connectivity index (χ4n) is 1.58. The number of nitrogens with two attached hydrogens (primary N) is 1. The van der Waals surface area contributed by atoms with Crippen molar-refractivity contribution < 1.29 is 9.53 Å². The summed E-state index contributed by atoms with van der Waals surface area (Å²) in [6.07, 6.45) is 0. The second-order valence-corrected chi connectivity index (χ2v) is 4.74. The molecule has 1 unspecified atom stereocenters. The van der Waals surface area contributed by atoms with Crippen molar-refractivity contribution in [2.75, 3.05) is 20.3 Å². The first-order chi connectivity index (χ1) is 8.02. The Hall–Kier alpha value is -0.910. The molecule has 0 aliphatic heterocycles. The maximum atomic E-state index is 11.7. The number of rotatable bonds is 6. The van der Waals surface area contributed by atoms with Crippen molar-refractivity contribution in [2.24, 2.45) is 5.73 Å².